The second-order valence-electron chi connectivity index (χ2n) is 5.91. The van der Waals surface area contributed by atoms with Gasteiger partial charge in [-0.3, -0.25) is 4.79 Å². The maximum Gasteiger partial charge on any atom is 0.272 e. The van der Waals surface area contributed by atoms with Crippen LogP contribution in [0.1, 0.15) is 22.5 Å². The summed E-state index contributed by atoms with van der Waals surface area (Å²) in [6, 6.07) is 18.5. The molecule has 3 aromatic rings. The van der Waals surface area contributed by atoms with Gasteiger partial charge in [-0.15, -0.1) is 5.10 Å². The van der Waals surface area contributed by atoms with Crippen LogP contribution in [0, 0.1) is 0 Å². The fraction of sp³-hybridized carbons (Fsp3) is 0.158. The molecule has 26 heavy (non-hydrogen) atoms. The molecule has 0 radical (unpaired) electrons. The summed E-state index contributed by atoms with van der Waals surface area (Å²) in [5, 5.41) is 12.3. The Bertz CT molecular complexity index is 908. The van der Waals surface area contributed by atoms with Crippen molar-refractivity contribution in [1.29, 1.82) is 0 Å². The van der Waals surface area contributed by atoms with Crippen molar-refractivity contribution in [3.63, 3.8) is 0 Å². The van der Waals surface area contributed by atoms with Crippen molar-refractivity contribution in [1.82, 2.24) is 14.9 Å². The molecule has 0 aliphatic carbocycles. The van der Waals surface area contributed by atoms with Crippen LogP contribution in [0.2, 0.25) is 0 Å². The largest absolute Gasteiger partial charge is 0.390 e. The number of hydrogen-bond donors (Lipinski definition) is 1. The van der Waals surface area contributed by atoms with Crippen molar-refractivity contribution in [2.45, 2.75) is 12.5 Å². The van der Waals surface area contributed by atoms with Crippen LogP contribution >= 0.6 is 11.5 Å². The second-order valence-corrected chi connectivity index (χ2v) is 6.52. The van der Waals surface area contributed by atoms with Gasteiger partial charge in [0.25, 0.3) is 5.91 Å². The molecule has 1 aliphatic rings. The molecule has 0 unspecified atom stereocenters. The van der Waals surface area contributed by atoms with Gasteiger partial charge in [-0.2, -0.15) is 0 Å². The summed E-state index contributed by atoms with van der Waals surface area (Å²) in [5.74, 6) is -0.247. The summed E-state index contributed by atoms with van der Waals surface area (Å²) in [6.07, 6.45) is 0.481. The third kappa shape index (κ3) is 3.62. The monoisotopic (exact) mass is 364 g/mol. The summed E-state index contributed by atoms with van der Waals surface area (Å²) in [5.41, 5.74) is 4.59. The number of hydrogen-bond acceptors (Lipinski definition) is 6. The molecule has 2 heterocycles. The van der Waals surface area contributed by atoms with Gasteiger partial charge in [-0.1, -0.05) is 64.2 Å². The van der Waals surface area contributed by atoms with Crippen LogP contribution in [0.25, 0.3) is 11.1 Å². The van der Waals surface area contributed by atoms with E-state index in [2.05, 4.69) is 44.3 Å². The van der Waals surface area contributed by atoms with Crippen molar-refractivity contribution < 1.29 is 9.63 Å². The normalized spacial score (nSPS) is 16.0. The zero-order valence-electron chi connectivity index (χ0n) is 13.8. The van der Waals surface area contributed by atoms with Gasteiger partial charge >= 0.3 is 0 Å². The molecular weight excluding hydrogens is 348 g/mol. The number of aromatic nitrogens is 2. The summed E-state index contributed by atoms with van der Waals surface area (Å²) in [4.78, 5) is 17.3. The number of rotatable bonds is 5. The molecule has 1 aromatic heterocycles. The van der Waals surface area contributed by atoms with Gasteiger partial charge in [-0.05, 0) is 28.2 Å². The smallest absolute Gasteiger partial charge is 0.272 e. The maximum atomic E-state index is 11.9. The van der Waals surface area contributed by atoms with Crippen molar-refractivity contribution in [2.75, 3.05) is 6.54 Å². The molecular formula is C19H16N4O2S. The van der Waals surface area contributed by atoms with Gasteiger partial charge in [0, 0.05) is 11.8 Å². The van der Waals surface area contributed by atoms with E-state index in [1.807, 2.05) is 30.3 Å². The van der Waals surface area contributed by atoms with Crippen LogP contribution in [0.5, 0.6) is 0 Å². The Morgan fingerprint density at radius 3 is 2.54 bits per heavy atom. The molecule has 1 amide bonds. The standard InChI is InChI=1S/C19H16N4O2S/c24-19(18-12-26-23-21-18)20-11-16-10-17(22-25-16)15-8-6-14(7-9-15)13-4-2-1-3-5-13/h1-9,12,16H,10-11H2,(H,20,24)/t16-/m1/s1. The molecule has 130 valence electrons. The Morgan fingerprint density at radius 1 is 1.08 bits per heavy atom. The molecule has 7 heteroatoms. The molecule has 1 atom stereocenters. The average Bonchev–Trinajstić information content (AvgIpc) is 3.39. The number of nitrogens with zero attached hydrogens (tertiary/aromatic N) is 3. The van der Waals surface area contributed by atoms with E-state index in [0.29, 0.717) is 18.7 Å². The maximum absolute atomic E-state index is 11.9. The highest BCUT2D eigenvalue weighted by atomic mass is 32.1. The van der Waals surface area contributed by atoms with E-state index < -0.39 is 0 Å². The van der Waals surface area contributed by atoms with Crippen molar-refractivity contribution >= 4 is 23.2 Å². The predicted octanol–water partition coefficient (Wildman–Crippen LogP) is 3.13. The number of carbonyl (C=O) groups is 1. The Kier molecular flexibility index (Phi) is 4.70. The molecule has 2 aromatic carbocycles. The van der Waals surface area contributed by atoms with Gasteiger partial charge in [0.05, 0.1) is 12.3 Å². The third-order valence-corrected chi connectivity index (χ3v) is 4.65. The first-order valence-corrected chi connectivity index (χ1v) is 9.07. The van der Waals surface area contributed by atoms with E-state index in [-0.39, 0.29) is 12.0 Å². The minimum absolute atomic E-state index is 0.172. The molecule has 6 nitrogen and oxygen atoms in total. The SMILES string of the molecule is O=C(NC[C@H]1CC(c2ccc(-c3ccccc3)cc2)=NO1)c1csnn1. The minimum atomic E-state index is -0.247. The van der Waals surface area contributed by atoms with Crippen LogP contribution in [0.15, 0.2) is 65.1 Å². The van der Waals surface area contributed by atoms with E-state index in [4.69, 9.17) is 4.84 Å². The van der Waals surface area contributed by atoms with E-state index in [9.17, 15) is 4.79 Å². The molecule has 0 saturated carbocycles. The number of nitrogens with one attached hydrogen (secondary N) is 1. The second kappa shape index (κ2) is 7.45. The lowest BCUT2D eigenvalue weighted by molar-refractivity contribution is 0.0751. The Balaban J connectivity index is 1.34. The van der Waals surface area contributed by atoms with Gasteiger partial charge in [0.2, 0.25) is 0 Å². The quantitative estimate of drug-likeness (QED) is 0.755. The lowest BCUT2D eigenvalue weighted by atomic mass is 10.0. The molecule has 0 spiro atoms. The van der Waals surface area contributed by atoms with E-state index in [1.165, 1.54) is 5.56 Å². The predicted molar refractivity (Wildman–Crippen MR) is 100 cm³/mol. The van der Waals surface area contributed by atoms with Crippen molar-refractivity contribution in [3.05, 3.63) is 71.2 Å². The first-order chi connectivity index (χ1) is 12.8. The first kappa shape index (κ1) is 16.4. The van der Waals surface area contributed by atoms with E-state index in [1.54, 1.807) is 5.38 Å². The third-order valence-electron chi connectivity index (χ3n) is 4.14. The average molecular weight is 364 g/mol. The fourth-order valence-corrected chi connectivity index (χ4v) is 3.19. The van der Waals surface area contributed by atoms with Crippen LogP contribution in [-0.2, 0) is 4.84 Å². The van der Waals surface area contributed by atoms with Gasteiger partial charge in [0.1, 0.15) is 6.10 Å². The van der Waals surface area contributed by atoms with Gasteiger partial charge in [-0.25, -0.2) is 0 Å². The zero-order valence-corrected chi connectivity index (χ0v) is 14.6. The highest BCUT2D eigenvalue weighted by Crippen LogP contribution is 2.22. The lowest BCUT2D eigenvalue weighted by Gasteiger charge is -2.08. The Morgan fingerprint density at radius 2 is 1.81 bits per heavy atom. The number of oxime groups is 1. The fourth-order valence-electron chi connectivity index (χ4n) is 2.75. The van der Waals surface area contributed by atoms with Crippen LogP contribution in [-0.4, -0.2) is 33.9 Å². The van der Waals surface area contributed by atoms with Crippen molar-refractivity contribution in [2.24, 2.45) is 5.16 Å². The summed E-state index contributed by atoms with van der Waals surface area (Å²) < 4.78 is 3.68. The number of amides is 1. The van der Waals surface area contributed by atoms with E-state index >= 15 is 0 Å². The summed E-state index contributed by atoms with van der Waals surface area (Å²) >= 11 is 1.15. The molecule has 0 bridgehead atoms. The van der Waals surface area contributed by atoms with Crippen LogP contribution in [0.3, 0.4) is 0 Å². The van der Waals surface area contributed by atoms with Gasteiger partial charge < -0.3 is 10.2 Å². The summed E-state index contributed by atoms with van der Waals surface area (Å²) in [7, 11) is 0. The van der Waals surface area contributed by atoms with Crippen LogP contribution in [0.4, 0.5) is 0 Å². The first-order valence-electron chi connectivity index (χ1n) is 8.23. The summed E-state index contributed by atoms with van der Waals surface area (Å²) in [6.45, 7) is 0.380. The highest BCUT2D eigenvalue weighted by molar-refractivity contribution is 7.03. The Hall–Kier alpha value is -3.06. The number of benzene rings is 2. The molecule has 0 saturated heterocycles. The number of carbonyl (C=O) groups excluding carboxylic acids is 1. The zero-order chi connectivity index (χ0) is 17.8. The Labute approximate surface area is 154 Å². The lowest BCUT2D eigenvalue weighted by Crippen LogP contribution is -2.32. The van der Waals surface area contributed by atoms with Crippen LogP contribution < -0.4 is 5.32 Å². The van der Waals surface area contributed by atoms with Gasteiger partial charge in [0.15, 0.2) is 5.69 Å². The topological polar surface area (TPSA) is 76.5 Å². The van der Waals surface area contributed by atoms with E-state index in [0.717, 1.165) is 28.4 Å². The highest BCUT2D eigenvalue weighted by Gasteiger charge is 2.23. The molecule has 0 fully saturated rings. The molecule has 4 rings (SSSR count). The molecule has 1 N–H and O–H groups in total. The van der Waals surface area contributed by atoms with Crippen molar-refractivity contribution in [3.8, 4) is 11.1 Å². The minimum Gasteiger partial charge on any atom is -0.390 e. The molecule has 1 aliphatic heterocycles.